The van der Waals surface area contributed by atoms with E-state index in [0.717, 1.165) is 13.1 Å². The minimum atomic E-state index is -0.628. The van der Waals surface area contributed by atoms with Gasteiger partial charge in [0.1, 0.15) is 5.92 Å². The summed E-state index contributed by atoms with van der Waals surface area (Å²) < 4.78 is 0. The maximum atomic E-state index is 12.2. The molecule has 0 aliphatic carbocycles. The number of allylic oxidation sites excluding steroid dienone is 2. The van der Waals surface area contributed by atoms with Gasteiger partial charge in [-0.05, 0) is 6.92 Å². The Bertz CT molecular complexity index is 337. The summed E-state index contributed by atoms with van der Waals surface area (Å²) in [5.41, 5.74) is 0.587. The first-order valence-electron chi connectivity index (χ1n) is 5.83. The summed E-state index contributed by atoms with van der Waals surface area (Å²) in [5, 5.41) is 15.6. The summed E-state index contributed by atoms with van der Waals surface area (Å²) in [7, 11) is 3.63. The van der Waals surface area contributed by atoms with E-state index in [1.165, 1.54) is 0 Å². The van der Waals surface area contributed by atoms with Gasteiger partial charge in [-0.25, -0.2) is 0 Å². The molecule has 1 rings (SSSR count). The Balaban J connectivity index is 2.80. The van der Waals surface area contributed by atoms with Gasteiger partial charge in [-0.3, -0.25) is 4.79 Å². The van der Waals surface area contributed by atoms with Gasteiger partial charge in [-0.2, -0.15) is 5.26 Å². The van der Waals surface area contributed by atoms with Crippen LogP contribution in [0.3, 0.4) is 0 Å². The highest BCUT2D eigenvalue weighted by Crippen LogP contribution is 2.13. The maximum absolute atomic E-state index is 12.2. The zero-order valence-electron chi connectivity index (χ0n) is 10.7. The Labute approximate surface area is 102 Å². The van der Waals surface area contributed by atoms with Gasteiger partial charge in [0.2, 0.25) is 0 Å². The third-order valence-corrected chi connectivity index (χ3v) is 2.90. The molecule has 1 heterocycles. The largest absolute Gasteiger partial charge is 0.375 e. The second kappa shape index (κ2) is 6.38. The number of rotatable bonds is 4. The second-order valence-corrected chi connectivity index (χ2v) is 4.30. The summed E-state index contributed by atoms with van der Waals surface area (Å²) >= 11 is 0. The van der Waals surface area contributed by atoms with Crippen LogP contribution in [0.1, 0.15) is 6.92 Å². The quantitative estimate of drug-likeness (QED) is 0.657. The van der Waals surface area contributed by atoms with E-state index in [2.05, 4.69) is 16.7 Å². The van der Waals surface area contributed by atoms with Crippen molar-refractivity contribution in [3.63, 3.8) is 0 Å². The molecule has 0 bridgehead atoms. The Morgan fingerprint density at radius 3 is 2.65 bits per heavy atom. The number of nitrogens with zero attached hydrogens (tertiary/aromatic N) is 2. The number of ketones is 1. The zero-order valence-corrected chi connectivity index (χ0v) is 10.7. The molecule has 0 aromatic carbocycles. The van der Waals surface area contributed by atoms with E-state index in [1.807, 2.05) is 21.0 Å². The molecule has 17 heavy (non-hydrogen) atoms. The highest BCUT2D eigenvalue weighted by atomic mass is 16.1. The number of likely N-dealkylation sites (N-methyl/N-ethyl adjacent to an activating group) is 1. The van der Waals surface area contributed by atoms with Gasteiger partial charge in [-0.15, -0.1) is 0 Å². The van der Waals surface area contributed by atoms with E-state index >= 15 is 0 Å². The molecule has 0 spiro atoms. The summed E-state index contributed by atoms with van der Waals surface area (Å²) in [4.78, 5) is 14.0. The van der Waals surface area contributed by atoms with Crippen molar-refractivity contribution in [3.05, 3.63) is 11.8 Å². The minimum Gasteiger partial charge on any atom is -0.375 e. The van der Waals surface area contributed by atoms with Crippen LogP contribution < -0.4 is 10.6 Å². The van der Waals surface area contributed by atoms with Gasteiger partial charge in [-0.1, -0.05) is 6.08 Å². The first-order chi connectivity index (χ1) is 8.11. The Morgan fingerprint density at radius 2 is 2.24 bits per heavy atom. The number of carbonyl (C=O) groups is 1. The Hall–Kier alpha value is -1.38. The zero-order chi connectivity index (χ0) is 12.8. The van der Waals surface area contributed by atoms with E-state index in [9.17, 15) is 10.1 Å². The number of Topliss-reactive ketones (excluding diaryl/α,β-unsaturated/α-hetero) is 1. The maximum Gasteiger partial charge on any atom is 0.197 e. The molecule has 1 aliphatic rings. The molecule has 1 aliphatic heterocycles. The molecule has 0 aromatic rings. The lowest BCUT2D eigenvalue weighted by Gasteiger charge is -2.28. The van der Waals surface area contributed by atoms with Crippen molar-refractivity contribution < 1.29 is 4.79 Å². The topological polar surface area (TPSA) is 68.2 Å². The molecule has 2 atom stereocenters. The molecular weight excluding hydrogens is 216 g/mol. The van der Waals surface area contributed by atoms with Crippen molar-refractivity contribution in [1.82, 2.24) is 15.5 Å². The van der Waals surface area contributed by atoms with Crippen LogP contribution >= 0.6 is 0 Å². The van der Waals surface area contributed by atoms with Gasteiger partial charge in [0.05, 0.1) is 11.8 Å². The fraction of sp³-hybridized carbons (Fsp3) is 0.667. The molecule has 2 unspecified atom stereocenters. The van der Waals surface area contributed by atoms with Crippen LogP contribution in [0.5, 0.6) is 0 Å². The summed E-state index contributed by atoms with van der Waals surface area (Å²) in [6.07, 6.45) is 1.75. The SMILES string of the molecule is CC=C(C(=O)C(C#N)C1CNCCN1)N(C)C. The molecule has 2 N–H and O–H groups in total. The van der Waals surface area contributed by atoms with Gasteiger partial charge in [0.25, 0.3) is 0 Å². The van der Waals surface area contributed by atoms with Crippen LogP contribution in [-0.4, -0.2) is 50.5 Å². The molecule has 0 saturated carbocycles. The lowest BCUT2D eigenvalue weighted by Crippen LogP contribution is -2.53. The predicted octanol–water partition coefficient (Wildman–Crippen LogP) is -0.278. The van der Waals surface area contributed by atoms with Crippen molar-refractivity contribution >= 4 is 5.78 Å². The van der Waals surface area contributed by atoms with E-state index < -0.39 is 5.92 Å². The normalized spacial score (nSPS) is 22.7. The number of hydrogen-bond donors (Lipinski definition) is 2. The standard InChI is InChI=1S/C12H20N4O/c1-4-11(16(2)3)12(17)9(7-13)10-8-14-5-6-15-10/h4,9-10,14-15H,5-6,8H2,1-3H3. The van der Waals surface area contributed by atoms with Crippen LogP contribution in [0.25, 0.3) is 0 Å². The fourth-order valence-corrected chi connectivity index (χ4v) is 2.02. The smallest absolute Gasteiger partial charge is 0.197 e. The molecule has 5 nitrogen and oxygen atoms in total. The molecule has 1 saturated heterocycles. The van der Waals surface area contributed by atoms with Crippen LogP contribution in [0, 0.1) is 17.2 Å². The molecule has 94 valence electrons. The van der Waals surface area contributed by atoms with Gasteiger partial charge >= 0.3 is 0 Å². The molecule has 0 amide bonds. The van der Waals surface area contributed by atoms with Crippen molar-refractivity contribution in [2.24, 2.45) is 5.92 Å². The number of nitriles is 1. The number of piperazine rings is 1. The van der Waals surface area contributed by atoms with Crippen molar-refractivity contribution in [1.29, 1.82) is 5.26 Å². The van der Waals surface area contributed by atoms with E-state index in [0.29, 0.717) is 12.2 Å². The average molecular weight is 236 g/mol. The number of hydrogen-bond acceptors (Lipinski definition) is 5. The number of nitrogens with one attached hydrogen (secondary N) is 2. The Morgan fingerprint density at radius 1 is 1.53 bits per heavy atom. The second-order valence-electron chi connectivity index (χ2n) is 4.30. The first-order valence-corrected chi connectivity index (χ1v) is 5.83. The molecule has 1 fully saturated rings. The van der Waals surface area contributed by atoms with Crippen LogP contribution in [-0.2, 0) is 4.79 Å². The van der Waals surface area contributed by atoms with E-state index in [-0.39, 0.29) is 11.8 Å². The Kier molecular flexibility index (Phi) is 5.13. The molecule has 5 heteroatoms. The molecule has 0 aromatic heterocycles. The summed E-state index contributed by atoms with van der Waals surface area (Å²) in [5.74, 6) is -0.738. The lowest BCUT2D eigenvalue weighted by molar-refractivity contribution is -0.119. The fourth-order valence-electron chi connectivity index (χ4n) is 2.02. The van der Waals surface area contributed by atoms with Crippen molar-refractivity contribution in [2.75, 3.05) is 33.7 Å². The number of carbonyl (C=O) groups excluding carboxylic acids is 1. The molecule has 0 radical (unpaired) electrons. The van der Waals surface area contributed by atoms with Gasteiger partial charge in [0, 0.05) is 39.8 Å². The first kappa shape index (κ1) is 13.7. The molecular formula is C12H20N4O. The monoisotopic (exact) mass is 236 g/mol. The van der Waals surface area contributed by atoms with Crippen LogP contribution in [0.2, 0.25) is 0 Å². The highest BCUT2D eigenvalue weighted by Gasteiger charge is 2.31. The minimum absolute atomic E-state index is 0.101. The van der Waals surface area contributed by atoms with Crippen molar-refractivity contribution in [3.8, 4) is 6.07 Å². The summed E-state index contributed by atoms with van der Waals surface area (Å²) in [6.45, 7) is 4.15. The summed E-state index contributed by atoms with van der Waals surface area (Å²) in [6, 6.07) is 2.02. The third kappa shape index (κ3) is 3.29. The van der Waals surface area contributed by atoms with E-state index in [1.54, 1.807) is 11.0 Å². The van der Waals surface area contributed by atoms with E-state index in [4.69, 9.17) is 0 Å². The van der Waals surface area contributed by atoms with Crippen LogP contribution in [0.4, 0.5) is 0 Å². The average Bonchev–Trinajstić information content (AvgIpc) is 2.31. The highest BCUT2D eigenvalue weighted by molar-refractivity contribution is 5.98. The van der Waals surface area contributed by atoms with Crippen LogP contribution in [0.15, 0.2) is 11.8 Å². The van der Waals surface area contributed by atoms with Gasteiger partial charge < -0.3 is 15.5 Å². The third-order valence-electron chi connectivity index (χ3n) is 2.90. The van der Waals surface area contributed by atoms with Crippen molar-refractivity contribution in [2.45, 2.75) is 13.0 Å². The predicted molar refractivity (Wildman–Crippen MR) is 66.2 cm³/mol. The lowest BCUT2D eigenvalue weighted by atomic mass is 9.93. The van der Waals surface area contributed by atoms with Gasteiger partial charge in [0.15, 0.2) is 5.78 Å².